The van der Waals surface area contributed by atoms with Crippen LogP contribution in [-0.4, -0.2) is 69.8 Å². The molecule has 9 nitrogen and oxygen atoms in total. The standard InChI is InChI=1S/C36H74N6O3Si/c1-7-13-16-19-22-25-29-37-34-39-35(38-30-28-33-46(43-10-4,44-11-5)45-12-6)41-36(40-34)42(31-26-23-20-17-14-8-2)32-27-24-21-18-15-9-3/h7-33H2,1-6H3,(H2,37,38,39,40,41). The Morgan fingerprint density at radius 2 is 0.870 bits per heavy atom. The Morgan fingerprint density at radius 1 is 0.478 bits per heavy atom. The minimum atomic E-state index is -2.68. The van der Waals surface area contributed by atoms with Crippen molar-refractivity contribution < 1.29 is 13.3 Å². The third-order valence-electron chi connectivity index (χ3n) is 8.32. The average Bonchev–Trinajstić information content (AvgIpc) is 3.05. The van der Waals surface area contributed by atoms with Crippen LogP contribution >= 0.6 is 0 Å². The fraction of sp³-hybridized carbons (Fsp3) is 0.917. The van der Waals surface area contributed by atoms with Gasteiger partial charge in [-0.15, -0.1) is 0 Å². The molecule has 10 heteroatoms. The highest BCUT2D eigenvalue weighted by molar-refractivity contribution is 6.60. The summed E-state index contributed by atoms with van der Waals surface area (Å²) in [5.41, 5.74) is 0. The van der Waals surface area contributed by atoms with Gasteiger partial charge in [0, 0.05) is 52.0 Å². The molecule has 0 aliphatic carbocycles. The Balaban J connectivity index is 3.01. The van der Waals surface area contributed by atoms with Crippen LogP contribution in [0.4, 0.5) is 17.8 Å². The predicted molar refractivity (Wildman–Crippen MR) is 199 cm³/mol. The van der Waals surface area contributed by atoms with Crippen molar-refractivity contribution in [1.82, 2.24) is 15.0 Å². The molecule has 0 fully saturated rings. The number of aromatic nitrogens is 3. The van der Waals surface area contributed by atoms with E-state index in [1.165, 1.54) is 109 Å². The van der Waals surface area contributed by atoms with Crippen LogP contribution in [0.5, 0.6) is 0 Å². The molecule has 0 aliphatic heterocycles. The van der Waals surface area contributed by atoms with Crippen molar-refractivity contribution in [2.75, 3.05) is 61.5 Å². The molecule has 270 valence electrons. The van der Waals surface area contributed by atoms with Crippen molar-refractivity contribution in [3.05, 3.63) is 0 Å². The molecule has 0 radical (unpaired) electrons. The van der Waals surface area contributed by atoms with Gasteiger partial charge in [-0.2, -0.15) is 15.0 Å². The van der Waals surface area contributed by atoms with Gasteiger partial charge in [-0.25, -0.2) is 0 Å². The van der Waals surface area contributed by atoms with Crippen molar-refractivity contribution in [3.63, 3.8) is 0 Å². The maximum Gasteiger partial charge on any atom is 0.500 e. The summed E-state index contributed by atoms with van der Waals surface area (Å²) < 4.78 is 18.2. The lowest BCUT2D eigenvalue weighted by Gasteiger charge is -2.28. The predicted octanol–water partition coefficient (Wildman–Crippen LogP) is 10.0. The van der Waals surface area contributed by atoms with E-state index in [2.05, 4.69) is 36.3 Å². The second-order valence-corrected chi connectivity index (χ2v) is 15.2. The van der Waals surface area contributed by atoms with E-state index in [1.807, 2.05) is 20.8 Å². The monoisotopic (exact) mass is 667 g/mol. The molecule has 46 heavy (non-hydrogen) atoms. The molecule has 1 aromatic heterocycles. The van der Waals surface area contributed by atoms with E-state index in [4.69, 9.17) is 28.2 Å². The minimum Gasteiger partial charge on any atom is -0.374 e. The summed E-state index contributed by atoms with van der Waals surface area (Å²) in [6.45, 7) is 18.2. The number of nitrogens with one attached hydrogen (secondary N) is 2. The molecule has 1 aromatic rings. The van der Waals surface area contributed by atoms with E-state index in [9.17, 15) is 0 Å². The first-order chi connectivity index (χ1) is 22.6. The van der Waals surface area contributed by atoms with Crippen molar-refractivity contribution in [2.45, 2.75) is 170 Å². The fourth-order valence-electron chi connectivity index (χ4n) is 5.75. The zero-order valence-electron chi connectivity index (χ0n) is 31.1. The van der Waals surface area contributed by atoms with Crippen LogP contribution in [0.2, 0.25) is 6.04 Å². The maximum atomic E-state index is 6.06. The lowest BCUT2D eigenvalue weighted by Crippen LogP contribution is -2.46. The van der Waals surface area contributed by atoms with Gasteiger partial charge >= 0.3 is 8.80 Å². The lowest BCUT2D eigenvalue weighted by atomic mass is 10.1. The van der Waals surface area contributed by atoms with Crippen molar-refractivity contribution >= 4 is 26.6 Å². The van der Waals surface area contributed by atoms with Crippen LogP contribution in [0.15, 0.2) is 0 Å². The average molecular weight is 667 g/mol. The Labute approximate surface area is 285 Å². The summed E-state index contributed by atoms with van der Waals surface area (Å²) in [5.74, 6) is 2.12. The van der Waals surface area contributed by atoms with Crippen molar-refractivity contribution in [2.24, 2.45) is 0 Å². The summed E-state index contributed by atoms with van der Waals surface area (Å²) in [5, 5.41) is 7.05. The van der Waals surface area contributed by atoms with Crippen molar-refractivity contribution in [3.8, 4) is 0 Å². The van der Waals surface area contributed by atoms with Gasteiger partial charge in [-0.3, -0.25) is 0 Å². The van der Waals surface area contributed by atoms with Crippen LogP contribution in [-0.2, 0) is 13.3 Å². The van der Waals surface area contributed by atoms with Gasteiger partial charge in [0.1, 0.15) is 0 Å². The first-order valence-electron chi connectivity index (χ1n) is 19.5. The lowest BCUT2D eigenvalue weighted by molar-refractivity contribution is 0.0710. The molecule has 1 heterocycles. The molecule has 2 N–H and O–H groups in total. The molecule has 0 amide bonds. The van der Waals surface area contributed by atoms with Gasteiger partial charge in [0.2, 0.25) is 17.8 Å². The number of nitrogens with zero attached hydrogens (tertiary/aromatic N) is 4. The fourth-order valence-corrected chi connectivity index (χ4v) is 8.37. The molecule has 0 aromatic carbocycles. The minimum absolute atomic E-state index is 0.594. The number of hydrogen-bond donors (Lipinski definition) is 2. The summed E-state index contributed by atoms with van der Waals surface area (Å²) >= 11 is 0. The normalized spacial score (nSPS) is 11.7. The quantitative estimate of drug-likeness (QED) is 0.0550. The van der Waals surface area contributed by atoms with E-state index in [0.29, 0.717) is 31.7 Å². The van der Waals surface area contributed by atoms with Crippen molar-refractivity contribution in [1.29, 1.82) is 0 Å². The van der Waals surface area contributed by atoms with Crippen LogP contribution in [0.1, 0.15) is 164 Å². The molecule has 0 aliphatic rings. The van der Waals surface area contributed by atoms with E-state index >= 15 is 0 Å². The maximum absolute atomic E-state index is 6.06. The van der Waals surface area contributed by atoms with Gasteiger partial charge in [-0.05, 0) is 46.5 Å². The topological polar surface area (TPSA) is 93.7 Å². The SMILES string of the molecule is CCCCCCCCNc1nc(NCCC[Si](OCC)(OCC)OCC)nc(N(CCCCCCCC)CCCCCCCC)n1. The molecule has 0 saturated carbocycles. The summed E-state index contributed by atoms with van der Waals surface area (Å²) in [4.78, 5) is 17.2. The number of hydrogen-bond acceptors (Lipinski definition) is 9. The van der Waals surface area contributed by atoms with Gasteiger partial charge in [0.15, 0.2) is 0 Å². The highest BCUT2D eigenvalue weighted by Crippen LogP contribution is 2.20. The Hall–Kier alpha value is -1.49. The molecule has 0 atom stereocenters. The second kappa shape index (κ2) is 29.6. The number of unbranched alkanes of at least 4 members (excludes halogenated alkanes) is 15. The highest BCUT2D eigenvalue weighted by Gasteiger charge is 2.39. The van der Waals surface area contributed by atoms with Gasteiger partial charge in [0.25, 0.3) is 0 Å². The van der Waals surface area contributed by atoms with E-state index in [-0.39, 0.29) is 0 Å². The first kappa shape index (κ1) is 42.5. The zero-order valence-corrected chi connectivity index (χ0v) is 32.1. The molecule has 0 unspecified atom stereocenters. The molecule has 0 spiro atoms. The Morgan fingerprint density at radius 3 is 1.30 bits per heavy atom. The summed E-state index contributed by atoms with van der Waals surface area (Å²) in [6.07, 6.45) is 23.8. The smallest absolute Gasteiger partial charge is 0.374 e. The van der Waals surface area contributed by atoms with E-state index < -0.39 is 8.80 Å². The third-order valence-corrected chi connectivity index (χ3v) is 11.5. The van der Waals surface area contributed by atoms with E-state index in [0.717, 1.165) is 51.0 Å². The molecular formula is C36H74N6O3Si. The highest BCUT2D eigenvalue weighted by atomic mass is 28.4. The van der Waals surface area contributed by atoms with Gasteiger partial charge < -0.3 is 28.8 Å². The molecule has 0 saturated heterocycles. The van der Waals surface area contributed by atoms with E-state index in [1.54, 1.807) is 0 Å². The summed E-state index contributed by atoms with van der Waals surface area (Å²) in [7, 11) is -2.68. The van der Waals surface area contributed by atoms with Crippen LogP contribution in [0.25, 0.3) is 0 Å². The number of rotatable bonds is 34. The largest absolute Gasteiger partial charge is 0.500 e. The molecule has 0 bridgehead atoms. The van der Waals surface area contributed by atoms with Crippen LogP contribution < -0.4 is 15.5 Å². The summed E-state index contributed by atoms with van der Waals surface area (Å²) in [6, 6.07) is 0.763. The van der Waals surface area contributed by atoms with Gasteiger partial charge in [-0.1, -0.05) is 117 Å². The van der Waals surface area contributed by atoms with Crippen LogP contribution in [0, 0.1) is 0 Å². The Kier molecular flexibility index (Phi) is 27.4. The second-order valence-electron chi connectivity index (χ2n) is 12.5. The molecular weight excluding hydrogens is 593 g/mol. The molecule has 1 rings (SSSR count). The third kappa shape index (κ3) is 20.7. The first-order valence-corrected chi connectivity index (χ1v) is 21.4. The van der Waals surface area contributed by atoms with Crippen LogP contribution in [0.3, 0.4) is 0 Å². The number of anilines is 3. The van der Waals surface area contributed by atoms with Gasteiger partial charge in [0.05, 0.1) is 0 Å². The Bertz CT molecular complexity index is 789. The zero-order chi connectivity index (χ0) is 33.6.